The molecule has 0 aliphatic rings. The molecule has 0 fully saturated rings. The molecule has 0 saturated carbocycles. The predicted octanol–water partition coefficient (Wildman–Crippen LogP) is 2.20. The van der Waals surface area contributed by atoms with Crippen LogP contribution in [0, 0.1) is 11.7 Å². The van der Waals surface area contributed by atoms with Crippen LogP contribution in [0.5, 0.6) is 0 Å². The van der Waals surface area contributed by atoms with Crippen LogP contribution in [0.3, 0.4) is 0 Å². The van der Waals surface area contributed by atoms with Gasteiger partial charge in [0.1, 0.15) is 0 Å². The average Bonchev–Trinajstić information content (AvgIpc) is 2.77. The first kappa shape index (κ1) is 13.5. The van der Waals surface area contributed by atoms with E-state index >= 15 is 0 Å². The van der Waals surface area contributed by atoms with E-state index in [-0.39, 0.29) is 5.91 Å². The molecule has 0 unspecified atom stereocenters. The molecule has 1 aromatic heterocycles. The van der Waals surface area contributed by atoms with E-state index in [4.69, 9.17) is 12.2 Å². The van der Waals surface area contributed by atoms with Gasteiger partial charge in [-0.15, -0.1) is 0 Å². The number of nitrogens with zero attached hydrogens (tertiary/aromatic N) is 2. The Hall–Kier alpha value is -1.95. The summed E-state index contributed by atoms with van der Waals surface area (Å²) < 4.78 is 2.43. The Balaban J connectivity index is 2.09. The molecule has 5 nitrogen and oxygen atoms in total. The highest BCUT2D eigenvalue weighted by Gasteiger charge is 2.10. The topological polar surface area (TPSA) is 62.7 Å². The molecule has 0 spiro atoms. The lowest BCUT2D eigenvalue weighted by molar-refractivity contribution is 0.0949. The van der Waals surface area contributed by atoms with E-state index in [1.807, 2.05) is 42.7 Å². The number of H-pyrrole nitrogens is 1. The maximum atomic E-state index is 12.1. The Bertz CT molecular complexity index is 644. The van der Waals surface area contributed by atoms with Gasteiger partial charge in [0.15, 0.2) is 10.6 Å². The molecule has 100 valence electrons. The molecule has 2 aromatic rings. The van der Waals surface area contributed by atoms with Gasteiger partial charge in [-0.25, -0.2) is 0 Å². The number of nitrogens with one attached hydrogen (secondary N) is 2. The van der Waals surface area contributed by atoms with Crippen molar-refractivity contribution in [3.8, 4) is 0 Å². The summed E-state index contributed by atoms with van der Waals surface area (Å²) in [5.41, 5.74) is 1.63. The van der Waals surface area contributed by atoms with Crippen molar-refractivity contribution in [2.24, 2.45) is 0 Å². The first-order chi connectivity index (χ1) is 9.13. The maximum Gasteiger partial charge on any atom is 0.251 e. The summed E-state index contributed by atoms with van der Waals surface area (Å²) in [5.74, 6) is 0.629. The van der Waals surface area contributed by atoms with Crippen molar-refractivity contribution in [3.05, 3.63) is 46.0 Å². The quantitative estimate of drug-likeness (QED) is 0.842. The minimum Gasteiger partial charge on any atom is -0.345 e. The molecule has 1 aromatic carbocycles. The second-order valence-electron chi connectivity index (χ2n) is 4.19. The second kappa shape index (κ2) is 5.79. The van der Waals surface area contributed by atoms with Gasteiger partial charge in [0, 0.05) is 12.1 Å². The van der Waals surface area contributed by atoms with E-state index in [1.54, 1.807) is 0 Å². The van der Waals surface area contributed by atoms with Crippen molar-refractivity contribution < 1.29 is 4.79 Å². The molecule has 0 aliphatic heterocycles. The zero-order valence-corrected chi connectivity index (χ0v) is 11.8. The smallest absolute Gasteiger partial charge is 0.251 e. The molecule has 19 heavy (non-hydrogen) atoms. The molecule has 0 saturated heterocycles. The lowest BCUT2D eigenvalue weighted by atomic mass is 10.1. The minimum atomic E-state index is -0.102. The monoisotopic (exact) mass is 276 g/mol. The van der Waals surface area contributed by atoms with E-state index in [2.05, 4.69) is 15.5 Å². The first-order valence-electron chi connectivity index (χ1n) is 6.11. The van der Waals surface area contributed by atoms with E-state index in [0.717, 1.165) is 17.9 Å². The molecule has 1 heterocycles. The summed E-state index contributed by atoms with van der Waals surface area (Å²) in [6.07, 6.45) is 0. The van der Waals surface area contributed by atoms with Crippen LogP contribution in [-0.4, -0.2) is 20.7 Å². The number of carbonyl (C=O) groups is 1. The molecule has 6 heteroatoms. The third-order valence-electron chi connectivity index (χ3n) is 2.95. The number of carbonyl (C=O) groups excluding carboxylic acids is 1. The normalized spacial score (nSPS) is 10.4. The van der Waals surface area contributed by atoms with Crippen LogP contribution in [0.4, 0.5) is 0 Å². The van der Waals surface area contributed by atoms with Crippen LogP contribution >= 0.6 is 12.2 Å². The second-order valence-corrected chi connectivity index (χ2v) is 4.57. The summed E-state index contributed by atoms with van der Waals surface area (Å²) in [6, 6.07) is 7.48. The van der Waals surface area contributed by atoms with Crippen molar-refractivity contribution in [1.29, 1.82) is 0 Å². The van der Waals surface area contributed by atoms with Crippen LogP contribution in [0.2, 0.25) is 0 Å². The number of aromatic nitrogens is 3. The van der Waals surface area contributed by atoms with Crippen molar-refractivity contribution in [2.75, 3.05) is 0 Å². The highest BCUT2D eigenvalue weighted by molar-refractivity contribution is 7.71. The van der Waals surface area contributed by atoms with Gasteiger partial charge in [0.25, 0.3) is 5.91 Å². The number of aryl methyl sites for hydroxylation is 1. The molecule has 0 aliphatic carbocycles. The molecular formula is C13H16N4OS. The van der Waals surface area contributed by atoms with E-state index in [0.29, 0.717) is 16.9 Å². The van der Waals surface area contributed by atoms with Gasteiger partial charge >= 0.3 is 0 Å². The SMILES string of the molecule is CCn1c(CNC(=O)c2ccccc2C)n[nH]c1=S. The van der Waals surface area contributed by atoms with Gasteiger partial charge in [-0.3, -0.25) is 9.89 Å². The number of hydrogen-bond donors (Lipinski definition) is 2. The zero-order chi connectivity index (χ0) is 13.8. The minimum absolute atomic E-state index is 0.102. The summed E-state index contributed by atoms with van der Waals surface area (Å²) in [6.45, 7) is 4.98. The fourth-order valence-electron chi connectivity index (χ4n) is 1.89. The zero-order valence-electron chi connectivity index (χ0n) is 10.9. The highest BCUT2D eigenvalue weighted by Crippen LogP contribution is 2.07. The Kier molecular flexibility index (Phi) is 4.11. The van der Waals surface area contributed by atoms with Gasteiger partial charge in [-0.2, -0.15) is 5.10 Å². The van der Waals surface area contributed by atoms with Crippen molar-refractivity contribution in [2.45, 2.75) is 26.9 Å². The number of hydrogen-bond acceptors (Lipinski definition) is 3. The van der Waals surface area contributed by atoms with Gasteiger partial charge in [-0.05, 0) is 37.7 Å². The Morgan fingerprint density at radius 2 is 2.21 bits per heavy atom. The molecule has 0 bridgehead atoms. The van der Waals surface area contributed by atoms with Gasteiger partial charge in [-0.1, -0.05) is 18.2 Å². The van der Waals surface area contributed by atoms with Crippen molar-refractivity contribution >= 4 is 18.1 Å². The fraction of sp³-hybridized carbons (Fsp3) is 0.308. The first-order valence-corrected chi connectivity index (χ1v) is 6.52. The van der Waals surface area contributed by atoms with Gasteiger partial charge < -0.3 is 9.88 Å². The number of amides is 1. The van der Waals surface area contributed by atoms with Crippen LogP contribution < -0.4 is 5.32 Å². The summed E-state index contributed by atoms with van der Waals surface area (Å²) in [7, 11) is 0. The maximum absolute atomic E-state index is 12.1. The molecule has 1 amide bonds. The fourth-order valence-corrected chi connectivity index (χ4v) is 2.17. The Morgan fingerprint density at radius 3 is 2.89 bits per heavy atom. The summed E-state index contributed by atoms with van der Waals surface area (Å²) in [5, 5.41) is 9.69. The third kappa shape index (κ3) is 2.90. The van der Waals surface area contributed by atoms with Crippen molar-refractivity contribution in [3.63, 3.8) is 0 Å². The average molecular weight is 276 g/mol. The van der Waals surface area contributed by atoms with Crippen molar-refractivity contribution in [1.82, 2.24) is 20.1 Å². The van der Waals surface area contributed by atoms with E-state index in [1.165, 1.54) is 0 Å². The van der Waals surface area contributed by atoms with Crippen LogP contribution in [0.1, 0.15) is 28.7 Å². The van der Waals surface area contributed by atoms with Crippen LogP contribution in [0.25, 0.3) is 0 Å². The summed E-state index contributed by atoms with van der Waals surface area (Å²) >= 11 is 5.10. The predicted molar refractivity (Wildman–Crippen MR) is 75.4 cm³/mol. The van der Waals surface area contributed by atoms with Gasteiger partial charge in [0.2, 0.25) is 0 Å². The molecule has 2 rings (SSSR count). The number of benzene rings is 1. The third-order valence-corrected chi connectivity index (χ3v) is 3.26. The summed E-state index contributed by atoms with van der Waals surface area (Å²) in [4.78, 5) is 12.1. The largest absolute Gasteiger partial charge is 0.345 e. The molecule has 0 atom stereocenters. The van der Waals surface area contributed by atoms with Crippen LogP contribution in [-0.2, 0) is 13.1 Å². The van der Waals surface area contributed by atoms with E-state index < -0.39 is 0 Å². The number of rotatable bonds is 4. The molecule has 0 radical (unpaired) electrons. The Morgan fingerprint density at radius 1 is 1.47 bits per heavy atom. The lowest BCUT2D eigenvalue weighted by Gasteiger charge is -2.07. The Labute approximate surface area is 116 Å². The molecular weight excluding hydrogens is 260 g/mol. The standard InChI is InChI=1S/C13H16N4OS/c1-3-17-11(15-16-13(17)19)8-14-12(18)10-7-5-4-6-9(10)2/h4-7H,3,8H2,1-2H3,(H,14,18)(H,16,19). The van der Waals surface area contributed by atoms with E-state index in [9.17, 15) is 4.79 Å². The number of aromatic amines is 1. The van der Waals surface area contributed by atoms with Crippen LogP contribution in [0.15, 0.2) is 24.3 Å². The highest BCUT2D eigenvalue weighted by atomic mass is 32.1. The lowest BCUT2D eigenvalue weighted by Crippen LogP contribution is -2.25. The molecule has 2 N–H and O–H groups in total. The van der Waals surface area contributed by atoms with Gasteiger partial charge in [0.05, 0.1) is 6.54 Å².